The Morgan fingerprint density at radius 2 is 2.00 bits per heavy atom. The van der Waals surface area contributed by atoms with E-state index >= 15 is 0 Å². The smallest absolute Gasteiger partial charge is 0.111 e. The van der Waals surface area contributed by atoms with E-state index in [1.165, 1.54) is 0 Å². The van der Waals surface area contributed by atoms with Gasteiger partial charge in [-0.1, -0.05) is 0 Å². The Balaban J connectivity index is 0. The van der Waals surface area contributed by atoms with Gasteiger partial charge in [0.05, 0.1) is 0 Å². The van der Waals surface area contributed by atoms with E-state index in [1.54, 1.807) is 0 Å². The van der Waals surface area contributed by atoms with Gasteiger partial charge < -0.3 is 10.8 Å². The molecule has 0 heterocycles. The normalized spacial score (nSPS) is 12.5. The molecule has 0 aliphatic rings. The Hall–Kier alpha value is 0.560. The van der Waals surface area contributed by atoms with Gasteiger partial charge in [-0.05, 0) is 0 Å². The van der Waals surface area contributed by atoms with Crippen LogP contribution in [-0.2, 0) is 0 Å². The molecule has 0 rings (SSSR count). The number of hydrogen-bond donors (Lipinski definition) is 3. The molecule has 0 spiro atoms. The van der Waals surface area contributed by atoms with Gasteiger partial charge in [0.25, 0.3) is 0 Å². The van der Waals surface area contributed by atoms with E-state index in [9.17, 15) is 0 Å². The highest BCUT2D eigenvalue weighted by Gasteiger charge is 1.82. The maximum atomic E-state index is 8.06. The first-order valence-electron chi connectivity index (χ1n) is 1.32. The van der Waals surface area contributed by atoms with Crippen molar-refractivity contribution in [1.29, 1.82) is 0 Å². The molecule has 1 atom stereocenters. The van der Waals surface area contributed by atoms with Crippen molar-refractivity contribution in [2.75, 3.05) is 5.75 Å². The molecule has 4 heteroatoms. The van der Waals surface area contributed by atoms with E-state index in [2.05, 4.69) is 12.6 Å². The van der Waals surface area contributed by atoms with Crippen LogP contribution in [0.3, 0.4) is 0 Å². The lowest BCUT2D eigenvalue weighted by molar-refractivity contribution is 0.208. The monoisotopic (exact) mass is 129 g/mol. The van der Waals surface area contributed by atoms with Gasteiger partial charge in [-0.25, -0.2) is 0 Å². The van der Waals surface area contributed by atoms with Gasteiger partial charge in [0.15, 0.2) is 0 Å². The van der Waals surface area contributed by atoms with Crippen LogP contribution in [0, 0.1) is 0 Å². The highest BCUT2D eigenvalue weighted by Crippen LogP contribution is 1.71. The van der Waals surface area contributed by atoms with Crippen molar-refractivity contribution in [3.8, 4) is 0 Å². The second-order valence-corrected chi connectivity index (χ2v) is 1.12. The molecule has 0 saturated heterocycles. The van der Waals surface area contributed by atoms with Crippen LogP contribution < -0.4 is 5.73 Å². The third kappa shape index (κ3) is 8.82. The largest absolute Gasteiger partial charge is 0.378 e. The maximum Gasteiger partial charge on any atom is 0.111 e. The third-order valence-electron chi connectivity index (χ3n) is 0.187. The highest BCUT2D eigenvalue weighted by molar-refractivity contribution is 7.80. The third-order valence-corrected chi connectivity index (χ3v) is 0.561. The van der Waals surface area contributed by atoms with E-state index in [0.717, 1.165) is 0 Å². The van der Waals surface area contributed by atoms with Crippen molar-refractivity contribution in [3.63, 3.8) is 0 Å². The van der Waals surface area contributed by atoms with Gasteiger partial charge in [0, 0.05) is 5.75 Å². The number of thiol groups is 1. The lowest BCUT2D eigenvalue weighted by Crippen LogP contribution is -2.19. The van der Waals surface area contributed by atoms with Crippen molar-refractivity contribution >= 4 is 25.0 Å². The molecule has 40 valence electrons. The first kappa shape index (κ1) is 9.75. The minimum Gasteiger partial charge on any atom is -0.378 e. The summed E-state index contributed by atoms with van der Waals surface area (Å²) in [6.07, 6.45) is -0.752. The first-order valence-corrected chi connectivity index (χ1v) is 1.95. The summed E-state index contributed by atoms with van der Waals surface area (Å²) in [5.41, 5.74) is 4.77. The number of aliphatic hydroxyl groups is 1. The summed E-state index contributed by atoms with van der Waals surface area (Å²) in [6.45, 7) is 0. The average Bonchev–Trinajstić information content (AvgIpc) is 1.38. The minimum atomic E-state index is -0.752. The number of rotatable bonds is 1. The standard InChI is InChI=1S/C2H7NOS.ClH/c3-2(4)1-5;/h2,4-5H,1,3H2;1H. The summed E-state index contributed by atoms with van der Waals surface area (Å²) in [7, 11) is 0. The van der Waals surface area contributed by atoms with Crippen LogP contribution in [0.4, 0.5) is 0 Å². The molecule has 0 bridgehead atoms. The van der Waals surface area contributed by atoms with Crippen LogP contribution in [-0.4, -0.2) is 17.1 Å². The van der Waals surface area contributed by atoms with Gasteiger partial charge in [-0.2, -0.15) is 12.6 Å². The van der Waals surface area contributed by atoms with E-state index in [4.69, 9.17) is 10.8 Å². The van der Waals surface area contributed by atoms with Crippen molar-refractivity contribution in [1.82, 2.24) is 0 Å². The molecule has 0 saturated carbocycles. The van der Waals surface area contributed by atoms with Crippen LogP contribution in [0.1, 0.15) is 0 Å². The van der Waals surface area contributed by atoms with Crippen molar-refractivity contribution in [3.05, 3.63) is 0 Å². The predicted octanol–water partition coefficient (Wildman–Crippen LogP) is -0.385. The summed E-state index contributed by atoms with van der Waals surface area (Å²) in [4.78, 5) is 0. The molecular weight excluding hydrogens is 122 g/mol. The highest BCUT2D eigenvalue weighted by atomic mass is 35.5. The van der Waals surface area contributed by atoms with Gasteiger partial charge in [-0.15, -0.1) is 12.4 Å². The first-order chi connectivity index (χ1) is 2.27. The zero-order chi connectivity index (χ0) is 4.28. The zero-order valence-corrected chi connectivity index (χ0v) is 4.88. The summed E-state index contributed by atoms with van der Waals surface area (Å²) in [5.74, 6) is 0.333. The number of nitrogens with two attached hydrogens (primary N) is 1. The van der Waals surface area contributed by atoms with Gasteiger partial charge >= 0.3 is 0 Å². The Morgan fingerprint density at radius 1 is 1.83 bits per heavy atom. The Morgan fingerprint density at radius 3 is 2.00 bits per heavy atom. The van der Waals surface area contributed by atoms with Crippen LogP contribution in [0.15, 0.2) is 0 Å². The molecule has 0 aromatic rings. The summed E-state index contributed by atoms with van der Waals surface area (Å²) < 4.78 is 0. The van der Waals surface area contributed by atoms with Crippen molar-refractivity contribution in [2.45, 2.75) is 6.23 Å². The quantitative estimate of drug-likeness (QED) is 0.334. The number of aliphatic hydroxyl groups excluding tert-OH is 1. The topological polar surface area (TPSA) is 46.2 Å². The van der Waals surface area contributed by atoms with Crippen LogP contribution >= 0.6 is 25.0 Å². The van der Waals surface area contributed by atoms with Crippen LogP contribution in [0.5, 0.6) is 0 Å². The van der Waals surface area contributed by atoms with Gasteiger partial charge in [0.2, 0.25) is 0 Å². The molecule has 3 N–H and O–H groups in total. The second-order valence-electron chi connectivity index (χ2n) is 0.750. The molecule has 2 nitrogen and oxygen atoms in total. The van der Waals surface area contributed by atoms with E-state index in [0.29, 0.717) is 5.75 Å². The van der Waals surface area contributed by atoms with Gasteiger partial charge in [0.1, 0.15) is 6.23 Å². The van der Waals surface area contributed by atoms with Crippen molar-refractivity contribution in [2.24, 2.45) is 5.73 Å². The molecule has 0 aliphatic heterocycles. The van der Waals surface area contributed by atoms with E-state index in [1.807, 2.05) is 0 Å². The second kappa shape index (κ2) is 5.56. The Bertz CT molecular complexity index is 27.5. The van der Waals surface area contributed by atoms with E-state index in [-0.39, 0.29) is 12.4 Å². The SMILES string of the molecule is Cl.NC(O)CS. The molecule has 0 aromatic heterocycles. The fourth-order valence-electron chi connectivity index (χ4n) is 0. The molecule has 6 heavy (non-hydrogen) atoms. The van der Waals surface area contributed by atoms with Crippen molar-refractivity contribution < 1.29 is 5.11 Å². The van der Waals surface area contributed by atoms with Gasteiger partial charge in [-0.3, -0.25) is 0 Å². The zero-order valence-electron chi connectivity index (χ0n) is 3.16. The molecule has 0 aliphatic carbocycles. The number of hydrogen-bond acceptors (Lipinski definition) is 3. The molecule has 0 amide bonds. The molecule has 0 fully saturated rings. The fraction of sp³-hybridized carbons (Fsp3) is 1.00. The summed E-state index contributed by atoms with van der Waals surface area (Å²) >= 11 is 3.64. The summed E-state index contributed by atoms with van der Waals surface area (Å²) in [6, 6.07) is 0. The van der Waals surface area contributed by atoms with E-state index < -0.39 is 6.23 Å². The Kier molecular flexibility index (Phi) is 9.04. The lowest BCUT2D eigenvalue weighted by Gasteiger charge is -1.90. The Labute approximate surface area is 48.5 Å². The minimum absolute atomic E-state index is 0. The fourth-order valence-corrected chi connectivity index (χ4v) is 0. The molecule has 0 aromatic carbocycles. The van der Waals surface area contributed by atoms with Crippen LogP contribution in [0.2, 0.25) is 0 Å². The maximum absolute atomic E-state index is 8.06. The summed E-state index contributed by atoms with van der Waals surface area (Å²) in [5, 5.41) is 8.06. The lowest BCUT2D eigenvalue weighted by atomic mass is 10.7. The van der Waals surface area contributed by atoms with Crippen LogP contribution in [0.25, 0.3) is 0 Å². The predicted molar refractivity (Wildman–Crippen MR) is 31.3 cm³/mol. The molecular formula is C2H8ClNOS. The molecule has 0 radical (unpaired) electrons. The number of halogens is 1. The average molecular weight is 130 g/mol. The molecule has 1 unspecified atom stereocenters.